The molecule has 0 spiro atoms. The van der Waals surface area contributed by atoms with Crippen LogP contribution >= 0.6 is 0 Å². The molecule has 0 bridgehead atoms. The average Bonchev–Trinajstić information content (AvgIpc) is 2.39. The molecular weight excluding hydrogens is 244 g/mol. The first-order chi connectivity index (χ1) is 9.17. The molecule has 0 radical (unpaired) electrons. The van der Waals surface area contributed by atoms with E-state index in [1.807, 2.05) is 6.92 Å². The maximum Gasteiger partial charge on any atom is 0.325 e. The summed E-state index contributed by atoms with van der Waals surface area (Å²) in [5.74, 6) is -0.430. The molecule has 0 saturated heterocycles. The minimum Gasteiger partial charge on any atom is -0.465 e. The van der Waals surface area contributed by atoms with Gasteiger partial charge in [-0.15, -0.1) is 0 Å². The number of hydrogen-bond acceptors (Lipinski definition) is 4. The van der Waals surface area contributed by atoms with Crippen molar-refractivity contribution < 1.29 is 14.3 Å². The molecule has 1 amide bonds. The first-order valence-corrected chi connectivity index (χ1v) is 6.49. The molecule has 1 aromatic heterocycles. The molecule has 5 heteroatoms. The Morgan fingerprint density at radius 2 is 1.95 bits per heavy atom. The van der Waals surface area contributed by atoms with Crippen LogP contribution in [0.4, 0.5) is 0 Å². The Hall–Kier alpha value is -1.91. The molecule has 0 N–H and O–H groups in total. The Morgan fingerprint density at radius 3 is 2.53 bits per heavy atom. The van der Waals surface area contributed by atoms with Crippen LogP contribution in [0.2, 0.25) is 0 Å². The highest BCUT2D eigenvalue weighted by molar-refractivity contribution is 5.83. The van der Waals surface area contributed by atoms with E-state index in [0.717, 1.165) is 12.0 Å². The van der Waals surface area contributed by atoms with E-state index >= 15 is 0 Å². The molecule has 0 aliphatic heterocycles. The third-order valence-corrected chi connectivity index (χ3v) is 2.58. The number of ether oxygens (including phenoxy) is 1. The van der Waals surface area contributed by atoms with Gasteiger partial charge in [-0.2, -0.15) is 0 Å². The van der Waals surface area contributed by atoms with Crippen LogP contribution in [-0.4, -0.2) is 41.5 Å². The molecule has 0 aliphatic rings. The summed E-state index contributed by atoms with van der Waals surface area (Å²) >= 11 is 0. The molecule has 0 saturated carbocycles. The van der Waals surface area contributed by atoms with Crippen LogP contribution in [0, 0.1) is 0 Å². The predicted molar refractivity (Wildman–Crippen MR) is 71.4 cm³/mol. The van der Waals surface area contributed by atoms with Gasteiger partial charge in [0, 0.05) is 18.9 Å². The van der Waals surface area contributed by atoms with Gasteiger partial charge >= 0.3 is 5.97 Å². The number of hydrogen-bond donors (Lipinski definition) is 0. The van der Waals surface area contributed by atoms with Gasteiger partial charge in [0.25, 0.3) is 0 Å². The summed E-state index contributed by atoms with van der Waals surface area (Å²) in [6.07, 6.45) is 4.39. The third kappa shape index (κ3) is 5.50. The zero-order valence-corrected chi connectivity index (χ0v) is 11.5. The second-order valence-corrected chi connectivity index (χ2v) is 4.15. The maximum absolute atomic E-state index is 12.1. The highest BCUT2D eigenvalue weighted by atomic mass is 16.5. The van der Waals surface area contributed by atoms with Gasteiger partial charge in [-0.25, -0.2) is 0 Å². The lowest BCUT2D eigenvalue weighted by Gasteiger charge is -2.21. The SMILES string of the molecule is CCCN(CC(=O)OCC)C(=O)Cc1ccncc1. The van der Waals surface area contributed by atoms with Gasteiger partial charge in [0.2, 0.25) is 5.91 Å². The molecule has 1 aromatic rings. The fourth-order valence-electron chi connectivity index (χ4n) is 1.71. The van der Waals surface area contributed by atoms with Crippen molar-refractivity contribution >= 4 is 11.9 Å². The Kier molecular flexibility index (Phi) is 6.57. The van der Waals surface area contributed by atoms with E-state index in [0.29, 0.717) is 13.2 Å². The number of amides is 1. The fourth-order valence-corrected chi connectivity index (χ4v) is 1.71. The quantitative estimate of drug-likeness (QED) is 0.699. The van der Waals surface area contributed by atoms with Gasteiger partial charge < -0.3 is 9.64 Å². The second kappa shape index (κ2) is 8.24. The van der Waals surface area contributed by atoms with Crippen LogP contribution in [0.3, 0.4) is 0 Å². The molecule has 0 fully saturated rings. The molecule has 1 rings (SSSR count). The lowest BCUT2D eigenvalue weighted by molar-refractivity contribution is -0.148. The van der Waals surface area contributed by atoms with E-state index in [9.17, 15) is 9.59 Å². The molecule has 0 aliphatic carbocycles. The average molecular weight is 264 g/mol. The van der Waals surface area contributed by atoms with Crippen LogP contribution < -0.4 is 0 Å². The smallest absolute Gasteiger partial charge is 0.325 e. The molecule has 0 aromatic carbocycles. The number of carbonyl (C=O) groups is 2. The second-order valence-electron chi connectivity index (χ2n) is 4.15. The van der Waals surface area contributed by atoms with E-state index in [1.54, 1.807) is 36.4 Å². The summed E-state index contributed by atoms with van der Waals surface area (Å²) in [5, 5.41) is 0. The molecular formula is C14H20N2O3. The fraction of sp³-hybridized carbons (Fsp3) is 0.500. The van der Waals surface area contributed by atoms with Crippen molar-refractivity contribution in [2.45, 2.75) is 26.7 Å². The Balaban J connectivity index is 2.59. The minimum atomic E-state index is -0.362. The lowest BCUT2D eigenvalue weighted by atomic mass is 10.2. The van der Waals surface area contributed by atoms with Crippen molar-refractivity contribution in [2.75, 3.05) is 19.7 Å². The topological polar surface area (TPSA) is 59.5 Å². The number of esters is 1. The van der Waals surface area contributed by atoms with Gasteiger partial charge in [0.05, 0.1) is 13.0 Å². The number of nitrogens with zero attached hydrogens (tertiary/aromatic N) is 2. The van der Waals surface area contributed by atoms with Gasteiger partial charge in [-0.05, 0) is 31.0 Å². The van der Waals surface area contributed by atoms with E-state index in [4.69, 9.17) is 4.74 Å². The van der Waals surface area contributed by atoms with Crippen LogP contribution in [0.15, 0.2) is 24.5 Å². The molecule has 19 heavy (non-hydrogen) atoms. The van der Waals surface area contributed by atoms with Crippen LogP contribution in [0.5, 0.6) is 0 Å². The summed E-state index contributed by atoms with van der Waals surface area (Å²) in [6.45, 7) is 4.63. The van der Waals surface area contributed by atoms with Crippen molar-refractivity contribution in [3.05, 3.63) is 30.1 Å². The van der Waals surface area contributed by atoms with Crippen LogP contribution in [0.25, 0.3) is 0 Å². The standard InChI is InChI=1S/C14H20N2O3/c1-3-9-16(11-14(18)19-4-2)13(17)10-12-5-7-15-8-6-12/h5-8H,3-4,9-11H2,1-2H3. The first kappa shape index (κ1) is 15.1. The van der Waals surface area contributed by atoms with Crippen LogP contribution in [0.1, 0.15) is 25.8 Å². The lowest BCUT2D eigenvalue weighted by Crippen LogP contribution is -2.38. The summed E-state index contributed by atoms with van der Waals surface area (Å²) in [4.78, 5) is 29.0. The molecule has 0 unspecified atom stereocenters. The zero-order chi connectivity index (χ0) is 14.1. The van der Waals surface area contributed by atoms with E-state index in [-0.39, 0.29) is 24.8 Å². The predicted octanol–water partition coefficient (Wildman–Crippen LogP) is 1.43. The largest absolute Gasteiger partial charge is 0.465 e. The van der Waals surface area contributed by atoms with E-state index < -0.39 is 0 Å². The third-order valence-electron chi connectivity index (χ3n) is 2.58. The van der Waals surface area contributed by atoms with Crippen molar-refractivity contribution in [1.29, 1.82) is 0 Å². The van der Waals surface area contributed by atoms with Crippen molar-refractivity contribution in [3.8, 4) is 0 Å². The summed E-state index contributed by atoms with van der Waals surface area (Å²) in [5.41, 5.74) is 0.893. The van der Waals surface area contributed by atoms with Gasteiger partial charge in [-0.1, -0.05) is 6.92 Å². The highest BCUT2D eigenvalue weighted by Crippen LogP contribution is 2.03. The van der Waals surface area contributed by atoms with Gasteiger partial charge in [0.15, 0.2) is 0 Å². The number of carbonyl (C=O) groups excluding carboxylic acids is 2. The first-order valence-electron chi connectivity index (χ1n) is 6.49. The zero-order valence-electron chi connectivity index (χ0n) is 11.5. The van der Waals surface area contributed by atoms with E-state index in [1.165, 1.54) is 0 Å². The minimum absolute atomic E-state index is 0.0194. The molecule has 104 valence electrons. The highest BCUT2D eigenvalue weighted by Gasteiger charge is 2.17. The van der Waals surface area contributed by atoms with Crippen molar-refractivity contribution in [2.24, 2.45) is 0 Å². The normalized spacial score (nSPS) is 10.0. The summed E-state index contributed by atoms with van der Waals surface area (Å²) in [6, 6.07) is 3.60. The van der Waals surface area contributed by atoms with Crippen molar-refractivity contribution in [1.82, 2.24) is 9.88 Å². The molecule has 5 nitrogen and oxygen atoms in total. The van der Waals surface area contributed by atoms with E-state index in [2.05, 4.69) is 4.98 Å². The van der Waals surface area contributed by atoms with Gasteiger partial charge in [0.1, 0.15) is 6.54 Å². The summed E-state index contributed by atoms with van der Waals surface area (Å²) < 4.78 is 4.88. The molecule has 1 heterocycles. The monoisotopic (exact) mass is 264 g/mol. The number of rotatable bonds is 7. The molecule has 0 atom stereocenters. The number of aromatic nitrogens is 1. The maximum atomic E-state index is 12.1. The Morgan fingerprint density at radius 1 is 1.26 bits per heavy atom. The Labute approximate surface area is 113 Å². The van der Waals surface area contributed by atoms with Gasteiger partial charge in [-0.3, -0.25) is 14.6 Å². The summed E-state index contributed by atoms with van der Waals surface area (Å²) in [7, 11) is 0. The van der Waals surface area contributed by atoms with Crippen molar-refractivity contribution in [3.63, 3.8) is 0 Å². The number of pyridine rings is 1. The Bertz CT molecular complexity index is 406. The van der Waals surface area contributed by atoms with Crippen LogP contribution in [-0.2, 0) is 20.7 Å².